The van der Waals surface area contributed by atoms with Crippen LogP contribution in [-0.2, 0) is 20.8 Å². The number of benzene rings is 1. The van der Waals surface area contributed by atoms with Crippen molar-refractivity contribution in [2.24, 2.45) is 0 Å². The lowest BCUT2D eigenvalue weighted by atomic mass is 9.91. The average Bonchev–Trinajstić information content (AvgIpc) is 2.97. The second-order valence-corrected chi connectivity index (χ2v) is 9.19. The highest BCUT2D eigenvalue weighted by molar-refractivity contribution is 9.10. The monoisotopic (exact) mass is 497 g/mol. The van der Waals surface area contributed by atoms with Crippen LogP contribution in [-0.4, -0.2) is 64.9 Å². The fourth-order valence-corrected chi connectivity index (χ4v) is 4.70. The quantitative estimate of drug-likeness (QED) is 0.476. The topological polar surface area (TPSA) is 71.1 Å². The molecule has 164 valence electrons. The first-order chi connectivity index (χ1) is 14.3. The normalized spacial score (nSPS) is 18.8. The van der Waals surface area contributed by atoms with Crippen molar-refractivity contribution >= 4 is 45.3 Å². The Labute approximate surface area is 191 Å². The molecule has 1 N–H and O–H groups in total. The Morgan fingerprint density at radius 3 is 2.80 bits per heavy atom. The van der Waals surface area contributed by atoms with Gasteiger partial charge in [-0.1, -0.05) is 28.1 Å². The van der Waals surface area contributed by atoms with Gasteiger partial charge in [-0.3, -0.25) is 9.69 Å². The van der Waals surface area contributed by atoms with E-state index >= 15 is 0 Å². The molecule has 1 aromatic carbocycles. The molecule has 1 unspecified atom stereocenters. The zero-order valence-corrected chi connectivity index (χ0v) is 19.8. The fraction of sp³-hybridized carbons (Fsp3) is 0.571. The Morgan fingerprint density at radius 2 is 2.13 bits per heavy atom. The molecule has 9 heteroatoms. The number of amides is 1. The average molecular weight is 498 g/mol. The molecule has 0 saturated carbocycles. The molecule has 30 heavy (non-hydrogen) atoms. The molecule has 2 aliphatic heterocycles. The molecule has 1 atom stereocenters. The molecule has 1 spiro atoms. The fourth-order valence-electron chi connectivity index (χ4n) is 3.87. The summed E-state index contributed by atoms with van der Waals surface area (Å²) < 4.78 is 11.8. The molecule has 1 aromatic rings. The number of carbonyl (C=O) groups is 2. The third-order valence-electron chi connectivity index (χ3n) is 5.41. The van der Waals surface area contributed by atoms with E-state index in [0.29, 0.717) is 37.9 Å². The number of likely N-dealkylation sites (tertiary alicyclic amines) is 1. The number of ether oxygens (including phenoxy) is 2. The molecule has 0 bridgehead atoms. The van der Waals surface area contributed by atoms with E-state index < -0.39 is 5.60 Å². The summed E-state index contributed by atoms with van der Waals surface area (Å²) in [4.78, 5) is 27.9. The van der Waals surface area contributed by atoms with Crippen molar-refractivity contribution in [1.82, 2.24) is 15.1 Å². The first-order valence-electron chi connectivity index (χ1n) is 10.2. The van der Waals surface area contributed by atoms with Crippen molar-refractivity contribution in [2.45, 2.75) is 51.3 Å². The lowest BCUT2D eigenvalue weighted by Gasteiger charge is -2.39. The van der Waals surface area contributed by atoms with E-state index in [1.54, 1.807) is 11.8 Å². The minimum absolute atomic E-state index is 0.0996. The number of carbonyl (C=O) groups excluding carboxylic acids is 2. The summed E-state index contributed by atoms with van der Waals surface area (Å²) in [7, 11) is 0. The summed E-state index contributed by atoms with van der Waals surface area (Å²) in [6, 6.07) is 7.85. The molecule has 0 radical (unpaired) electrons. The minimum atomic E-state index is -0.453. The van der Waals surface area contributed by atoms with Crippen LogP contribution in [0.25, 0.3) is 0 Å². The number of nitrogens with zero attached hydrogens (tertiary/aromatic N) is 2. The third kappa shape index (κ3) is 5.85. The van der Waals surface area contributed by atoms with Crippen LogP contribution in [0.4, 0.5) is 4.79 Å². The summed E-state index contributed by atoms with van der Waals surface area (Å²) in [5, 5.41) is 3.83. The van der Waals surface area contributed by atoms with Gasteiger partial charge in [0.15, 0.2) is 5.11 Å². The summed E-state index contributed by atoms with van der Waals surface area (Å²) in [5.41, 5.74) is 0.614. The molecule has 0 aliphatic carbocycles. The number of piperidine rings is 1. The van der Waals surface area contributed by atoms with Crippen LogP contribution in [0.2, 0.25) is 0 Å². The second kappa shape index (κ2) is 9.96. The molecule has 2 aliphatic rings. The first-order valence-corrected chi connectivity index (χ1v) is 11.4. The molecule has 2 saturated heterocycles. The maximum absolute atomic E-state index is 12.5. The van der Waals surface area contributed by atoms with E-state index in [0.717, 1.165) is 22.9 Å². The van der Waals surface area contributed by atoms with Gasteiger partial charge in [0.1, 0.15) is 5.60 Å². The highest BCUT2D eigenvalue weighted by atomic mass is 79.9. The Balaban J connectivity index is 1.49. The van der Waals surface area contributed by atoms with E-state index in [9.17, 15) is 9.59 Å². The van der Waals surface area contributed by atoms with Gasteiger partial charge in [-0.15, -0.1) is 0 Å². The molecule has 2 fully saturated rings. The molecule has 0 aromatic heterocycles. The molecule has 7 nitrogen and oxygen atoms in total. The van der Waals surface area contributed by atoms with Crippen LogP contribution >= 0.6 is 28.1 Å². The third-order valence-corrected chi connectivity index (χ3v) is 6.28. The number of nitrogens with one attached hydrogen (secondary N) is 1. The van der Waals surface area contributed by atoms with Crippen LogP contribution in [0.15, 0.2) is 28.7 Å². The van der Waals surface area contributed by atoms with Gasteiger partial charge in [0, 0.05) is 43.0 Å². The van der Waals surface area contributed by atoms with Crippen molar-refractivity contribution in [2.75, 3.05) is 26.2 Å². The standard InChI is InChI=1S/C21H28BrN3O4S/c1-3-28-18(26)11-15(2)23-19(30)24-9-7-21(8-10-24)14-25(20(27)29-21)13-16-5-4-6-17(22)12-16/h4-6,12,15H,3,7-11,13-14H2,1-2H3,(H,23,30). The zero-order chi connectivity index (χ0) is 21.7. The van der Waals surface area contributed by atoms with E-state index in [1.165, 1.54) is 0 Å². The van der Waals surface area contributed by atoms with E-state index in [-0.39, 0.29) is 24.5 Å². The highest BCUT2D eigenvalue weighted by Gasteiger charge is 2.47. The highest BCUT2D eigenvalue weighted by Crippen LogP contribution is 2.34. The van der Waals surface area contributed by atoms with Crippen molar-refractivity contribution in [3.63, 3.8) is 0 Å². The molecular formula is C21H28BrN3O4S. The smallest absolute Gasteiger partial charge is 0.410 e. The summed E-state index contributed by atoms with van der Waals surface area (Å²) in [6.45, 7) is 6.61. The lowest BCUT2D eigenvalue weighted by molar-refractivity contribution is -0.143. The number of hydrogen-bond donors (Lipinski definition) is 1. The number of hydrogen-bond acceptors (Lipinski definition) is 5. The Kier molecular flexibility index (Phi) is 7.57. The Hall–Kier alpha value is -1.87. The van der Waals surface area contributed by atoms with Crippen molar-refractivity contribution in [1.29, 1.82) is 0 Å². The van der Waals surface area contributed by atoms with Gasteiger partial charge in [-0.05, 0) is 43.8 Å². The second-order valence-electron chi connectivity index (χ2n) is 7.88. The van der Waals surface area contributed by atoms with Crippen LogP contribution in [0.3, 0.4) is 0 Å². The molecule has 3 rings (SSSR count). The number of halogens is 1. The first kappa shape index (κ1) is 22.8. The predicted octanol–water partition coefficient (Wildman–Crippen LogP) is 3.45. The number of rotatable bonds is 6. The van der Waals surface area contributed by atoms with Gasteiger partial charge < -0.3 is 19.7 Å². The van der Waals surface area contributed by atoms with E-state index in [2.05, 4.69) is 26.1 Å². The van der Waals surface area contributed by atoms with Crippen molar-refractivity contribution in [3.05, 3.63) is 34.3 Å². The lowest BCUT2D eigenvalue weighted by Crippen LogP contribution is -2.52. The number of esters is 1. The van der Waals surface area contributed by atoms with Crippen molar-refractivity contribution in [3.8, 4) is 0 Å². The van der Waals surface area contributed by atoms with Gasteiger partial charge in [-0.2, -0.15) is 0 Å². The maximum Gasteiger partial charge on any atom is 0.410 e. The van der Waals surface area contributed by atoms with E-state index in [4.69, 9.17) is 21.7 Å². The van der Waals surface area contributed by atoms with Gasteiger partial charge >= 0.3 is 12.1 Å². The van der Waals surface area contributed by atoms with Crippen molar-refractivity contribution < 1.29 is 19.1 Å². The van der Waals surface area contributed by atoms with Gasteiger partial charge in [0.05, 0.1) is 19.6 Å². The van der Waals surface area contributed by atoms with E-state index in [1.807, 2.05) is 31.2 Å². The molecule has 1 amide bonds. The van der Waals surface area contributed by atoms with Crippen LogP contribution in [0, 0.1) is 0 Å². The Bertz CT molecular complexity index is 798. The van der Waals surface area contributed by atoms with Crippen LogP contribution in [0.5, 0.6) is 0 Å². The maximum atomic E-state index is 12.5. The minimum Gasteiger partial charge on any atom is -0.466 e. The Morgan fingerprint density at radius 1 is 1.40 bits per heavy atom. The summed E-state index contributed by atoms with van der Waals surface area (Å²) >= 11 is 8.99. The molecule has 2 heterocycles. The zero-order valence-electron chi connectivity index (χ0n) is 17.4. The largest absolute Gasteiger partial charge is 0.466 e. The summed E-state index contributed by atoms with van der Waals surface area (Å²) in [5.74, 6) is -0.235. The SMILES string of the molecule is CCOC(=O)CC(C)NC(=S)N1CCC2(CC1)CN(Cc1cccc(Br)c1)C(=O)O2. The predicted molar refractivity (Wildman–Crippen MR) is 121 cm³/mol. The van der Waals surface area contributed by atoms with Crippen LogP contribution < -0.4 is 5.32 Å². The van der Waals surface area contributed by atoms with Gasteiger partial charge in [0.2, 0.25) is 0 Å². The van der Waals surface area contributed by atoms with Gasteiger partial charge in [0.25, 0.3) is 0 Å². The van der Waals surface area contributed by atoms with Gasteiger partial charge in [-0.25, -0.2) is 4.79 Å². The summed E-state index contributed by atoms with van der Waals surface area (Å²) in [6.07, 6.45) is 1.46. The van der Waals surface area contributed by atoms with Crippen LogP contribution in [0.1, 0.15) is 38.7 Å². The number of thiocarbonyl (C=S) groups is 1. The molecular weight excluding hydrogens is 470 g/mol.